The van der Waals surface area contributed by atoms with Gasteiger partial charge in [0.15, 0.2) is 0 Å². The highest BCUT2D eigenvalue weighted by Crippen LogP contribution is 2.42. The van der Waals surface area contributed by atoms with Gasteiger partial charge in [0.25, 0.3) is 0 Å². The van der Waals surface area contributed by atoms with Crippen molar-refractivity contribution in [2.45, 2.75) is 31.3 Å². The van der Waals surface area contributed by atoms with E-state index in [2.05, 4.69) is 26.9 Å². The Bertz CT molecular complexity index is 673. The molecular formula is C15H16N4O2S. The minimum Gasteiger partial charge on any atom is -0.488 e. The number of carbonyl (C=O) groups excluding carboxylic acids is 1. The van der Waals surface area contributed by atoms with E-state index in [0.29, 0.717) is 17.6 Å². The first kappa shape index (κ1) is 13.5. The Morgan fingerprint density at radius 3 is 3.00 bits per heavy atom. The fraction of sp³-hybridized carbons (Fsp3) is 0.400. The molecule has 1 atom stereocenters. The molecule has 2 N–H and O–H groups in total. The second-order valence-electron chi connectivity index (χ2n) is 5.61. The zero-order chi connectivity index (χ0) is 14.9. The summed E-state index contributed by atoms with van der Waals surface area (Å²) in [6.45, 7) is 0.467. The van der Waals surface area contributed by atoms with E-state index in [1.54, 1.807) is 0 Å². The Labute approximate surface area is 131 Å². The van der Waals surface area contributed by atoms with Crippen LogP contribution in [0.5, 0.6) is 5.75 Å². The highest BCUT2D eigenvalue weighted by molar-refractivity contribution is 7.15. The summed E-state index contributed by atoms with van der Waals surface area (Å²) in [5.41, 5.74) is 1.19. The maximum absolute atomic E-state index is 11.9. The quantitative estimate of drug-likeness (QED) is 0.909. The molecule has 22 heavy (non-hydrogen) atoms. The van der Waals surface area contributed by atoms with E-state index in [1.807, 2.05) is 18.2 Å². The number of amides is 2. The molecule has 1 aliphatic carbocycles. The van der Waals surface area contributed by atoms with Gasteiger partial charge in [0.2, 0.25) is 5.13 Å². The topological polar surface area (TPSA) is 76.1 Å². The number of aromatic nitrogens is 2. The predicted molar refractivity (Wildman–Crippen MR) is 83.5 cm³/mol. The van der Waals surface area contributed by atoms with Crippen LogP contribution < -0.4 is 15.4 Å². The van der Waals surface area contributed by atoms with Crippen LogP contribution in [0.15, 0.2) is 24.3 Å². The highest BCUT2D eigenvalue weighted by Gasteiger charge is 2.28. The number of nitrogens with one attached hydrogen (secondary N) is 2. The summed E-state index contributed by atoms with van der Waals surface area (Å²) in [7, 11) is 0. The van der Waals surface area contributed by atoms with Gasteiger partial charge in [-0.2, -0.15) is 0 Å². The van der Waals surface area contributed by atoms with Crippen LogP contribution in [0.4, 0.5) is 9.93 Å². The zero-order valence-electron chi connectivity index (χ0n) is 11.9. The first-order valence-electron chi connectivity index (χ1n) is 7.41. The van der Waals surface area contributed by atoms with Crippen molar-refractivity contribution in [1.29, 1.82) is 0 Å². The van der Waals surface area contributed by atoms with Crippen LogP contribution in [0.3, 0.4) is 0 Å². The normalized spacial score (nSPS) is 19.4. The average Bonchev–Trinajstić information content (AvgIpc) is 3.12. The van der Waals surface area contributed by atoms with Gasteiger partial charge in [0.05, 0.1) is 6.54 Å². The maximum Gasteiger partial charge on any atom is 0.321 e. The zero-order valence-corrected chi connectivity index (χ0v) is 12.7. The molecule has 2 heterocycles. The first-order chi connectivity index (χ1) is 10.8. The van der Waals surface area contributed by atoms with Crippen molar-refractivity contribution >= 4 is 22.5 Å². The van der Waals surface area contributed by atoms with Crippen molar-refractivity contribution in [3.05, 3.63) is 34.8 Å². The molecule has 0 spiro atoms. The molecule has 2 aliphatic rings. The van der Waals surface area contributed by atoms with Gasteiger partial charge in [-0.05, 0) is 24.5 Å². The number of para-hydroxylation sites is 1. The van der Waals surface area contributed by atoms with E-state index in [1.165, 1.54) is 29.7 Å². The molecular weight excluding hydrogens is 300 g/mol. The highest BCUT2D eigenvalue weighted by atomic mass is 32.1. The van der Waals surface area contributed by atoms with Gasteiger partial charge in [0, 0.05) is 12.3 Å². The number of anilines is 1. The lowest BCUT2D eigenvalue weighted by atomic mass is 10.1. The summed E-state index contributed by atoms with van der Waals surface area (Å²) < 4.78 is 5.78. The van der Waals surface area contributed by atoms with Crippen molar-refractivity contribution in [2.75, 3.05) is 11.9 Å². The average molecular weight is 316 g/mol. The smallest absolute Gasteiger partial charge is 0.321 e. The van der Waals surface area contributed by atoms with Crippen molar-refractivity contribution in [3.63, 3.8) is 0 Å². The standard InChI is InChI=1S/C15H16N4O2S/c20-14(17-15-19-18-13(22-15)9-5-6-9)16-8-11-7-10-3-1-2-4-12(10)21-11/h1-4,9,11H,5-8H2,(H2,16,17,19,20). The van der Waals surface area contributed by atoms with Crippen LogP contribution >= 0.6 is 11.3 Å². The van der Waals surface area contributed by atoms with Gasteiger partial charge in [-0.15, -0.1) is 10.2 Å². The Balaban J connectivity index is 1.26. The van der Waals surface area contributed by atoms with E-state index in [4.69, 9.17) is 4.74 Å². The Hall–Kier alpha value is -2.15. The number of nitrogens with zero attached hydrogens (tertiary/aromatic N) is 2. The molecule has 0 bridgehead atoms. The third-order valence-corrected chi connectivity index (χ3v) is 4.79. The molecule has 1 saturated carbocycles. The molecule has 1 aromatic carbocycles. The van der Waals surface area contributed by atoms with E-state index in [9.17, 15) is 4.79 Å². The van der Waals surface area contributed by atoms with Crippen molar-refractivity contribution in [3.8, 4) is 5.75 Å². The number of rotatable bonds is 4. The SMILES string of the molecule is O=C(NCC1Cc2ccccc2O1)Nc1nnc(C2CC2)s1. The molecule has 4 rings (SSSR count). The van der Waals surface area contributed by atoms with Crippen LogP contribution in [-0.4, -0.2) is 28.9 Å². The summed E-state index contributed by atoms with van der Waals surface area (Å²) in [4.78, 5) is 11.9. The van der Waals surface area contributed by atoms with Gasteiger partial charge in [0.1, 0.15) is 16.9 Å². The van der Waals surface area contributed by atoms with Crippen LogP contribution in [0.25, 0.3) is 0 Å². The van der Waals surface area contributed by atoms with Crippen molar-refractivity contribution in [1.82, 2.24) is 15.5 Å². The Morgan fingerprint density at radius 1 is 1.32 bits per heavy atom. The van der Waals surface area contributed by atoms with E-state index >= 15 is 0 Å². The minimum atomic E-state index is -0.266. The summed E-state index contributed by atoms with van der Waals surface area (Å²) in [5, 5.41) is 15.2. The molecule has 1 fully saturated rings. The van der Waals surface area contributed by atoms with E-state index in [-0.39, 0.29) is 12.1 Å². The van der Waals surface area contributed by atoms with Crippen LogP contribution in [0.1, 0.15) is 29.3 Å². The van der Waals surface area contributed by atoms with Crippen LogP contribution in [-0.2, 0) is 6.42 Å². The first-order valence-corrected chi connectivity index (χ1v) is 8.22. The maximum atomic E-state index is 11.9. The van der Waals surface area contributed by atoms with Gasteiger partial charge in [-0.25, -0.2) is 4.79 Å². The van der Waals surface area contributed by atoms with E-state index < -0.39 is 0 Å². The minimum absolute atomic E-state index is 0.0143. The monoisotopic (exact) mass is 316 g/mol. The van der Waals surface area contributed by atoms with Gasteiger partial charge in [-0.3, -0.25) is 5.32 Å². The van der Waals surface area contributed by atoms with Crippen molar-refractivity contribution < 1.29 is 9.53 Å². The van der Waals surface area contributed by atoms with Crippen molar-refractivity contribution in [2.24, 2.45) is 0 Å². The third-order valence-electron chi connectivity index (χ3n) is 3.79. The third kappa shape index (κ3) is 2.89. The lowest BCUT2D eigenvalue weighted by Gasteiger charge is -2.11. The molecule has 1 aromatic heterocycles. The molecule has 0 radical (unpaired) electrons. The summed E-state index contributed by atoms with van der Waals surface area (Å²) in [6, 6.07) is 7.69. The van der Waals surface area contributed by atoms with E-state index in [0.717, 1.165) is 17.2 Å². The predicted octanol–water partition coefficient (Wildman–Crippen LogP) is 2.54. The number of fused-ring (bicyclic) bond motifs is 1. The number of ether oxygens (including phenoxy) is 1. The second kappa shape index (κ2) is 5.57. The summed E-state index contributed by atoms with van der Waals surface area (Å²) >= 11 is 1.45. The second-order valence-corrected chi connectivity index (χ2v) is 6.62. The number of hydrogen-bond donors (Lipinski definition) is 2. The largest absolute Gasteiger partial charge is 0.488 e. The molecule has 7 heteroatoms. The Kier molecular flexibility index (Phi) is 3.42. The summed E-state index contributed by atoms with van der Waals surface area (Å²) in [5.74, 6) is 1.47. The van der Waals surface area contributed by atoms with Crippen LogP contribution in [0.2, 0.25) is 0 Å². The molecule has 2 amide bonds. The van der Waals surface area contributed by atoms with Gasteiger partial charge in [-0.1, -0.05) is 29.5 Å². The lowest BCUT2D eigenvalue weighted by molar-refractivity contribution is 0.219. The number of benzene rings is 1. The lowest BCUT2D eigenvalue weighted by Crippen LogP contribution is -2.37. The van der Waals surface area contributed by atoms with Crippen LogP contribution in [0, 0.1) is 0 Å². The molecule has 1 unspecified atom stereocenters. The van der Waals surface area contributed by atoms with Gasteiger partial charge >= 0.3 is 6.03 Å². The summed E-state index contributed by atoms with van der Waals surface area (Å²) in [6.07, 6.45) is 3.17. The molecule has 1 aliphatic heterocycles. The fourth-order valence-electron chi connectivity index (χ4n) is 2.50. The molecule has 6 nitrogen and oxygen atoms in total. The number of hydrogen-bond acceptors (Lipinski definition) is 5. The molecule has 0 saturated heterocycles. The Morgan fingerprint density at radius 2 is 2.18 bits per heavy atom. The molecule has 2 aromatic rings. The van der Waals surface area contributed by atoms with Gasteiger partial charge < -0.3 is 10.1 Å². The molecule has 114 valence electrons. The number of carbonyl (C=O) groups is 1. The number of urea groups is 1. The fourth-order valence-corrected chi connectivity index (χ4v) is 3.40.